The molecule has 0 spiro atoms. The quantitative estimate of drug-likeness (QED) is 0.447. The van der Waals surface area contributed by atoms with Crippen LogP contribution in [0.4, 0.5) is 0 Å². The summed E-state index contributed by atoms with van der Waals surface area (Å²) in [5.41, 5.74) is 0. The Balaban J connectivity index is 0.000000143. The van der Waals surface area contributed by atoms with Gasteiger partial charge in [-0.25, -0.2) is 0 Å². The van der Waals surface area contributed by atoms with Gasteiger partial charge in [0.25, 0.3) is 5.97 Å². The minimum absolute atomic E-state index is 0.833. The van der Waals surface area contributed by atoms with Crippen LogP contribution < -0.4 is 0 Å². The zero-order valence-corrected chi connectivity index (χ0v) is 13.6. The molecule has 0 aliphatic carbocycles. The van der Waals surface area contributed by atoms with Crippen LogP contribution in [0.25, 0.3) is 21.5 Å². The van der Waals surface area contributed by atoms with E-state index < -0.39 is 5.97 Å². The van der Waals surface area contributed by atoms with Crippen LogP contribution in [-0.4, -0.2) is 11.1 Å². The van der Waals surface area contributed by atoms with Gasteiger partial charge in [0.1, 0.15) is 0 Å². The highest BCUT2D eigenvalue weighted by molar-refractivity contribution is 5.82. The number of carboxylic acids is 1. The zero-order chi connectivity index (χ0) is 17.2. The average molecular weight is 316 g/mol. The van der Waals surface area contributed by atoms with Crippen LogP contribution in [0.2, 0.25) is 0 Å². The number of fused-ring (bicyclic) bond motifs is 2. The lowest BCUT2D eigenvalue weighted by Crippen LogP contribution is -1.78. The molecule has 0 amide bonds. The van der Waals surface area contributed by atoms with Gasteiger partial charge >= 0.3 is 0 Å². The third-order valence-corrected chi connectivity index (χ3v) is 3.32. The molecule has 0 aliphatic heterocycles. The topological polar surface area (TPSA) is 37.3 Å². The molecule has 4 aromatic rings. The average Bonchev–Trinajstić information content (AvgIpc) is 2.62. The van der Waals surface area contributed by atoms with E-state index in [0.717, 1.165) is 6.92 Å². The van der Waals surface area contributed by atoms with Gasteiger partial charge in [0, 0.05) is 6.92 Å². The summed E-state index contributed by atoms with van der Waals surface area (Å²) < 4.78 is 0. The van der Waals surface area contributed by atoms with E-state index in [-0.39, 0.29) is 0 Å². The van der Waals surface area contributed by atoms with Crippen molar-refractivity contribution < 1.29 is 9.90 Å². The van der Waals surface area contributed by atoms with E-state index in [9.17, 15) is 0 Å². The van der Waals surface area contributed by atoms with Gasteiger partial charge in [-0.1, -0.05) is 97.1 Å². The van der Waals surface area contributed by atoms with Crippen molar-refractivity contribution in [3.8, 4) is 0 Å². The Kier molecular flexibility index (Phi) is 6.54. The first kappa shape index (κ1) is 17.2. The van der Waals surface area contributed by atoms with Crippen molar-refractivity contribution in [1.29, 1.82) is 0 Å². The van der Waals surface area contributed by atoms with Crippen molar-refractivity contribution >= 4 is 27.5 Å². The molecule has 2 heteroatoms. The Morgan fingerprint density at radius 3 is 0.792 bits per heavy atom. The molecule has 0 saturated heterocycles. The molecule has 0 unspecified atom stereocenters. The summed E-state index contributed by atoms with van der Waals surface area (Å²) >= 11 is 0. The number of carbonyl (C=O) groups is 1. The van der Waals surface area contributed by atoms with Crippen LogP contribution in [0, 0.1) is 0 Å². The van der Waals surface area contributed by atoms with Gasteiger partial charge in [-0.15, -0.1) is 0 Å². The minimum Gasteiger partial charge on any atom is -0.481 e. The van der Waals surface area contributed by atoms with E-state index >= 15 is 0 Å². The summed E-state index contributed by atoms with van der Waals surface area (Å²) in [6.45, 7) is 1.08. The molecule has 4 rings (SSSR count). The highest BCUT2D eigenvalue weighted by Gasteiger charge is 1.86. The molecule has 0 aromatic heterocycles. The Morgan fingerprint density at radius 1 is 0.542 bits per heavy atom. The number of carboxylic acid groups (broad SMARTS) is 1. The van der Waals surface area contributed by atoms with Crippen LogP contribution in [-0.2, 0) is 4.79 Å². The number of benzene rings is 4. The molecule has 4 aromatic carbocycles. The number of rotatable bonds is 0. The van der Waals surface area contributed by atoms with Crippen molar-refractivity contribution in [2.45, 2.75) is 6.92 Å². The molecule has 0 radical (unpaired) electrons. The monoisotopic (exact) mass is 316 g/mol. The SMILES string of the molecule is CC(=O)O.c1ccc2ccccc2c1.c1ccc2ccccc2c1. The first-order valence-electron chi connectivity index (χ1n) is 7.74. The second-order valence-electron chi connectivity index (χ2n) is 5.21. The standard InChI is InChI=1S/2C10H8.C2H4O2/c2*1-2-6-10-8-4-3-7-9(10)5-1;1-2(3)4/h2*1-8H;1H3,(H,3,4). The summed E-state index contributed by atoms with van der Waals surface area (Å²) in [6, 6.07) is 33.4. The molecular weight excluding hydrogens is 296 g/mol. The van der Waals surface area contributed by atoms with E-state index in [2.05, 4.69) is 97.1 Å². The lowest BCUT2D eigenvalue weighted by molar-refractivity contribution is -0.134. The molecule has 1 N–H and O–H groups in total. The smallest absolute Gasteiger partial charge is 0.300 e. The van der Waals surface area contributed by atoms with Gasteiger partial charge in [0.15, 0.2) is 0 Å². The van der Waals surface area contributed by atoms with Crippen LogP contribution in [0.3, 0.4) is 0 Å². The maximum absolute atomic E-state index is 9.00. The second-order valence-corrected chi connectivity index (χ2v) is 5.21. The fourth-order valence-corrected chi connectivity index (χ4v) is 2.27. The van der Waals surface area contributed by atoms with Gasteiger partial charge < -0.3 is 5.11 Å². The summed E-state index contributed by atoms with van der Waals surface area (Å²) in [7, 11) is 0. The molecular formula is C22H20O2. The third-order valence-electron chi connectivity index (χ3n) is 3.32. The van der Waals surface area contributed by atoms with Crippen LogP contribution in [0.1, 0.15) is 6.92 Å². The Hall–Kier alpha value is -3.13. The van der Waals surface area contributed by atoms with Gasteiger partial charge in [0.2, 0.25) is 0 Å². The van der Waals surface area contributed by atoms with E-state index in [1.54, 1.807) is 0 Å². The first-order valence-corrected chi connectivity index (χ1v) is 7.74. The Morgan fingerprint density at radius 2 is 0.667 bits per heavy atom. The molecule has 0 atom stereocenters. The predicted octanol–water partition coefficient (Wildman–Crippen LogP) is 5.77. The third kappa shape index (κ3) is 5.58. The normalized spacial score (nSPS) is 9.38. The molecule has 0 saturated carbocycles. The Labute approximate surface area is 142 Å². The van der Waals surface area contributed by atoms with E-state index in [1.807, 2.05) is 0 Å². The summed E-state index contributed by atoms with van der Waals surface area (Å²) in [5, 5.41) is 12.7. The maximum Gasteiger partial charge on any atom is 0.300 e. The molecule has 24 heavy (non-hydrogen) atoms. The van der Waals surface area contributed by atoms with Crippen LogP contribution in [0.15, 0.2) is 97.1 Å². The van der Waals surface area contributed by atoms with Crippen molar-refractivity contribution in [2.24, 2.45) is 0 Å². The van der Waals surface area contributed by atoms with Crippen molar-refractivity contribution in [3.63, 3.8) is 0 Å². The number of hydrogen-bond donors (Lipinski definition) is 1. The number of aliphatic carboxylic acids is 1. The highest BCUT2D eigenvalue weighted by atomic mass is 16.4. The van der Waals surface area contributed by atoms with Crippen LogP contribution in [0.5, 0.6) is 0 Å². The molecule has 2 nitrogen and oxygen atoms in total. The van der Waals surface area contributed by atoms with Gasteiger partial charge in [-0.3, -0.25) is 4.79 Å². The van der Waals surface area contributed by atoms with Gasteiger partial charge in [-0.2, -0.15) is 0 Å². The molecule has 0 bridgehead atoms. The molecule has 0 aliphatic rings. The van der Waals surface area contributed by atoms with E-state index in [4.69, 9.17) is 9.90 Å². The maximum atomic E-state index is 9.00. The fourth-order valence-electron chi connectivity index (χ4n) is 2.27. The van der Waals surface area contributed by atoms with Crippen LogP contribution >= 0.6 is 0 Å². The van der Waals surface area contributed by atoms with Crippen molar-refractivity contribution in [3.05, 3.63) is 97.1 Å². The van der Waals surface area contributed by atoms with Gasteiger partial charge in [-0.05, 0) is 21.5 Å². The minimum atomic E-state index is -0.833. The Bertz CT molecular complexity index is 707. The second kappa shape index (κ2) is 9.11. The van der Waals surface area contributed by atoms with Crippen molar-refractivity contribution in [1.82, 2.24) is 0 Å². The summed E-state index contributed by atoms with van der Waals surface area (Å²) in [6.07, 6.45) is 0. The fraction of sp³-hybridized carbons (Fsp3) is 0.0455. The summed E-state index contributed by atoms with van der Waals surface area (Å²) in [4.78, 5) is 9.00. The molecule has 0 heterocycles. The highest BCUT2D eigenvalue weighted by Crippen LogP contribution is 2.11. The lowest BCUT2D eigenvalue weighted by atomic mass is 10.1. The predicted molar refractivity (Wildman–Crippen MR) is 101 cm³/mol. The van der Waals surface area contributed by atoms with Crippen molar-refractivity contribution in [2.75, 3.05) is 0 Å². The van der Waals surface area contributed by atoms with E-state index in [0.29, 0.717) is 0 Å². The summed E-state index contributed by atoms with van der Waals surface area (Å²) in [5.74, 6) is -0.833. The number of hydrogen-bond acceptors (Lipinski definition) is 1. The molecule has 0 fully saturated rings. The molecule has 120 valence electrons. The zero-order valence-electron chi connectivity index (χ0n) is 13.6. The first-order chi connectivity index (χ1) is 11.7. The lowest BCUT2D eigenvalue weighted by Gasteiger charge is -1.92. The largest absolute Gasteiger partial charge is 0.481 e. The van der Waals surface area contributed by atoms with E-state index in [1.165, 1.54) is 21.5 Å². The van der Waals surface area contributed by atoms with Gasteiger partial charge in [0.05, 0.1) is 0 Å².